The van der Waals surface area contributed by atoms with Crippen LogP contribution in [0.5, 0.6) is 0 Å². The number of carbonyl (C=O) groups excluding carboxylic acids is 4. The molecule has 9 nitrogen and oxygen atoms in total. The lowest BCUT2D eigenvalue weighted by atomic mass is 9.65. The maximum absolute atomic E-state index is 12.8. The molecule has 0 saturated carbocycles. The molecule has 11 heteroatoms. The summed E-state index contributed by atoms with van der Waals surface area (Å²) in [6.45, 7) is 9.28. The van der Waals surface area contributed by atoms with Crippen molar-refractivity contribution in [3.63, 3.8) is 0 Å². The fraction of sp³-hybridized carbons (Fsp3) is 0.784. The molecular weight excluding hydrogens is 649 g/mol. The van der Waals surface area contributed by atoms with Gasteiger partial charge in [0.05, 0.1) is 12.3 Å². The molecule has 2 N–H and O–H groups in total. The summed E-state index contributed by atoms with van der Waals surface area (Å²) in [6, 6.07) is 0. The first-order chi connectivity index (χ1) is 23.0. The number of hydrogen-bond donors (Lipinski definition) is 4. The van der Waals surface area contributed by atoms with Crippen molar-refractivity contribution in [2.75, 3.05) is 18.8 Å². The third-order valence-electron chi connectivity index (χ3n) is 10.0. The smallest absolute Gasteiger partial charge is 0.407 e. The van der Waals surface area contributed by atoms with Gasteiger partial charge in [-0.05, 0) is 86.9 Å². The number of cyclic esters (lactones) is 1. The zero-order valence-corrected chi connectivity index (χ0v) is 31.3. The third kappa shape index (κ3) is 13.6. The lowest BCUT2D eigenvalue weighted by Gasteiger charge is -2.43. The van der Waals surface area contributed by atoms with E-state index < -0.39 is 12.2 Å². The molecule has 9 atom stereocenters. The minimum absolute atomic E-state index is 0.0450. The fourth-order valence-electron chi connectivity index (χ4n) is 7.05. The van der Waals surface area contributed by atoms with Crippen LogP contribution in [0.25, 0.3) is 0 Å². The lowest BCUT2D eigenvalue weighted by molar-refractivity contribution is -0.162. The van der Waals surface area contributed by atoms with Crippen LogP contribution >= 0.6 is 25.3 Å². The van der Waals surface area contributed by atoms with Gasteiger partial charge in [0.1, 0.15) is 18.3 Å². The number of fused-ring (bicyclic) bond motifs is 1. The SMILES string of the molecule is CCC(C)C(=O)OC1CC(C)C=C2C=CC(C)C(CCC3CC(OC(=O)NCCCCNC(=O)CCCCC(S)CCS)CC(=O)O3)C21. The zero-order valence-electron chi connectivity index (χ0n) is 29.5. The van der Waals surface area contributed by atoms with Crippen molar-refractivity contribution in [1.82, 2.24) is 10.6 Å². The van der Waals surface area contributed by atoms with Crippen LogP contribution in [-0.4, -0.2) is 66.3 Å². The maximum atomic E-state index is 12.8. The Hall–Kier alpha value is -2.14. The molecule has 0 radical (unpaired) electrons. The van der Waals surface area contributed by atoms with E-state index in [0.717, 1.165) is 57.1 Å². The average Bonchev–Trinajstić information content (AvgIpc) is 3.03. The van der Waals surface area contributed by atoms with E-state index in [9.17, 15) is 19.2 Å². The van der Waals surface area contributed by atoms with Gasteiger partial charge in [-0.2, -0.15) is 25.3 Å². The molecule has 2 amide bonds. The molecule has 3 rings (SSSR count). The highest BCUT2D eigenvalue weighted by Crippen LogP contribution is 2.45. The molecule has 272 valence electrons. The first kappa shape index (κ1) is 40.3. The largest absolute Gasteiger partial charge is 0.462 e. The topological polar surface area (TPSA) is 120 Å². The van der Waals surface area contributed by atoms with Crippen LogP contribution in [-0.2, 0) is 28.6 Å². The minimum Gasteiger partial charge on any atom is -0.462 e. The maximum Gasteiger partial charge on any atom is 0.407 e. The van der Waals surface area contributed by atoms with Gasteiger partial charge in [-0.15, -0.1) is 0 Å². The highest BCUT2D eigenvalue weighted by atomic mass is 32.1. The predicted octanol–water partition coefficient (Wildman–Crippen LogP) is 7.00. The van der Waals surface area contributed by atoms with Crippen LogP contribution in [0.15, 0.2) is 23.8 Å². The molecule has 48 heavy (non-hydrogen) atoms. The Morgan fingerprint density at radius 1 is 1.02 bits per heavy atom. The Balaban J connectivity index is 1.38. The van der Waals surface area contributed by atoms with Crippen molar-refractivity contribution < 1.29 is 33.4 Å². The van der Waals surface area contributed by atoms with E-state index in [1.54, 1.807) is 0 Å². The number of rotatable bonds is 19. The number of hydrogen-bond acceptors (Lipinski definition) is 9. The molecule has 0 spiro atoms. The predicted molar refractivity (Wildman–Crippen MR) is 195 cm³/mol. The fourth-order valence-corrected chi connectivity index (χ4v) is 7.88. The van der Waals surface area contributed by atoms with E-state index in [4.69, 9.17) is 14.2 Å². The van der Waals surface area contributed by atoms with Gasteiger partial charge in [-0.3, -0.25) is 14.4 Å². The van der Waals surface area contributed by atoms with Crippen LogP contribution in [0.1, 0.15) is 111 Å². The highest BCUT2D eigenvalue weighted by molar-refractivity contribution is 7.81. The number of allylic oxidation sites excluding steroid dienone is 3. The van der Waals surface area contributed by atoms with Crippen molar-refractivity contribution >= 4 is 49.2 Å². The Bertz CT molecular complexity index is 1120. The molecule has 1 saturated heterocycles. The molecule has 0 bridgehead atoms. The van der Waals surface area contributed by atoms with Gasteiger partial charge in [0.25, 0.3) is 0 Å². The summed E-state index contributed by atoms with van der Waals surface area (Å²) in [5.41, 5.74) is 1.23. The number of thiol groups is 2. The molecule has 0 aromatic heterocycles. The molecule has 2 aliphatic carbocycles. The van der Waals surface area contributed by atoms with Gasteiger partial charge in [0.15, 0.2) is 0 Å². The first-order valence-electron chi connectivity index (χ1n) is 18.3. The van der Waals surface area contributed by atoms with Crippen LogP contribution in [0, 0.1) is 29.6 Å². The molecule has 1 heterocycles. The number of alkyl carbamates (subject to hydrolysis) is 1. The van der Waals surface area contributed by atoms with Crippen LogP contribution in [0.2, 0.25) is 0 Å². The summed E-state index contributed by atoms with van der Waals surface area (Å²) in [4.78, 5) is 49.8. The van der Waals surface area contributed by atoms with E-state index >= 15 is 0 Å². The average molecular weight is 709 g/mol. The van der Waals surface area contributed by atoms with Gasteiger partial charge in [-0.25, -0.2) is 4.79 Å². The number of unbranched alkanes of at least 4 members (excludes halogenated alkanes) is 2. The minimum atomic E-state index is -0.541. The second-order valence-corrected chi connectivity index (χ2v) is 15.3. The lowest BCUT2D eigenvalue weighted by Crippen LogP contribution is -2.42. The van der Waals surface area contributed by atoms with Crippen molar-refractivity contribution in [1.29, 1.82) is 0 Å². The molecule has 1 aliphatic heterocycles. The van der Waals surface area contributed by atoms with E-state index in [1.807, 2.05) is 13.8 Å². The molecular formula is C37H60N2O7S2. The molecule has 0 aromatic rings. The Labute approximate surface area is 299 Å². The molecule has 3 aliphatic rings. The summed E-state index contributed by atoms with van der Waals surface area (Å²) in [6.07, 6.45) is 14.4. The Kier molecular flexibility index (Phi) is 17.8. The standard InChI is InChI=1S/C37H60N2O7S2/c1-5-25(3)36(42)46-32-21-24(2)20-27-13-12-26(4)31(35(27)32)15-14-28-22-29(23-34(41)44-28)45-37(43)39-18-9-8-17-38-33(40)11-7-6-10-30(48)16-19-47/h12-13,20,24-26,28-32,35,47-48H,5-11,14-19,21-23H2,1-4H3,(H,38,40)(H,39,43). The number of ether oxygens (including phenoxy) is 3. The van der Waals surface area contributed by atoms with E-state index in [2.05, 4.69) is 68.0 Å². The summed E-state index contributed by atoms with van der Waals surface area (Å²) < 4.78 is 17.5. The normalized spacial score (nSPS) is 27.9. The van der Waals surface area contributed by atoms with Crippen molar-refractivity contribution in [2.45, 2.75) is 135 Å². The Morgan fingerprint density at radius 3 is 2.50 bits per heavy atom. The molecule has 9 unspecified atom stereocenters. The van der Waals surface area contributed by atoms with E-state index in [-0.39, 0.29) is 60.1 Å². The van der Waals surface area contributed by atoms with Crippen LogP contribution in [0.3, 0.4) is 0 Å². The van der Waals surface area contributed by atoms with Crippen molar-refractivity contribution in [3.8, 4) is 0 Å². The monoisotopic (exact) mass is 708 g/mol. The van der Waals surface area contributed by atoms with Crippen LogP contribution < -0.4 is 10.6 Å². The molecule has 0 aromatic carbocycles. The van der Waals surface area contributed by atoms with Gasteiger partial charge in [0.2, 0.25) is 5.91 Å². The summed E-state index contributed by atoms with van der Waals surface area (Å²) in [5, 5.41) is 6.06. The van der Waals surface area contributed by atoms with Crippen molar-refractivity contribution in [3.05, 3.63) is 23.8 Å². The third-order valence-corrected chi connectivity index (χ3v) is 10.8. The number of esters is 2. The van der Waals surface area contributed by atoms with Gasteiger partial charge < -0.3 is 24.8 Å². The Morgan fingerprint density at radius 2 is 1.77 bits per heavy atom. The first-order valence-corrected chi connectivity index (χ1v) is 19.4. The van der Waals surface area contributed by atoms with Gasteiger partial charge in [-0.1, -0.05) is 52.3 Å². The van der Waals surface area contributed by atoms with Crippen LogP contribution in [0.4, 0.5) is 4.79 Å². The summed E-state index contributed by atoms with van der Waals surface area (Å²) in [7, 11) is 0. The van der Waals surface area contributed by atoms with E-state index in [0.29, 0.717) is 49.9 Å². The van der Waals surface area contributed by atoms with Gasteiger partial charge >= 0.3 is 18.0 Å². The molecule has 1 fully saturated rings. The van der Waals surface area contributed by atoms with Gasteiger partial charge in [0, 0.05) is 37.1 Å². The number of carbonyl (C=O) groups is 4. The number of nitrogens with one attached hydrogen (secondary N) is 2. The summed E-state index contributed by atoms with van der Waals surface area (Å²) in [5.74, 6) is 1.23. The highest BCUT2D eigenvalue weighted by Gasteiger charge is 2.42. The second kappa shape index (κ2) is 21.2. The summed E-state index contributed by atoms with van der Waals surface area (Å²) >= 11 is 8.75. The zero-order chi connectivity index (χ0) is 35.1. The van der Waals surface area contributed by atoms with Crippen molar-refractivity contribution in [2.24, 2.45) is 29.6 Å². The second-order valence-electron chi connectivity index (χ2n) is 14.1. The number of amides is 2. The quantitative estimate of drug-likeness (QED) is 0.0494. The van der Waals surface area contributed by atoms with E-state index in [1.165, 1.54) is 5.57 Å².